The zero-order valence-corrected chi connectivity index (χ0v) is 12.9. The average molecular weight is 325 g/mol. The maximum Gasteiger partial charge on any atom is 0.270 e. The van der Waals surface area contributed by atoms with Crippen LogP contribution in [0.5, 0.6) is 5.75 Å². The number of halogens is 1. The molecule has 2 aromatic carbocycles. The molecule has 0 saturated carbocycles. The number of carbonyl (C=O) groups is 1. The second-order valence-electron chi connectivity index (χ2n) is 5.02. The van der Waals surface area contributed by atoms with Gasteiger partial charge in [-0.2, -0.15) is 0 Å². The highest BCUT2D eigenvalue weighted by Gasteiger charge is 2.12. The molecular weight excluding hydrogens is 309 g/mol. The van der Waals surface area contributed by atoms with Gasteiger partial charge in [-0.1, -0.05) is 30.3 Å². The van der Waals surface area contributed by atoms with Crippen LogP contribution in [-0.4, -0.2) is 28.6 Å². The SMILES string of the molecule is O=C(NCCOc1ccccc1F)c1cncn1-c1ccccc1. The number of ether oxygens (including phenoxy) is 1. The van der Waals surface area contributed by atoms with Crippen molar-refractivity contribution >= 4 is 5.91 Å². The third kappa shape index (κ3) is 3.60. The molecule has 0 unspecified atom stereocenters. The molecule has 1 N–H and O–H groups in total. The normalized spacial score (nSPS) is 10.4. The van der Waals surface area contributed by atoms with Gasteiger partial charge in [0.1, 0.15) is 12.3 Å². The molecule has 1 aromatic heterocycles. The summed E-state index contributed by atoms with van der Waals surface area (Å²) in [5.74, 6) is -0.527. The third-order valence-electron chi connectivity index (χ3n) is 3.39. The van der Waals surface area contributed by atoms with Crippen LogP contribution in [0.25, 0.3) is 5.69 Å². The summed E-state index contributed by atoms with van der Waals surface area (Å²) < 4.78 is 20.4. The van der Waals surface area contributed by atoms with Gasteiger partial charge in [-0.25, -0.2) is 9.37 Å². The Hall–Kier alpha value is -3.15. The monoisotopic (exact) mass is 325 g/mol. The van der Waals surface area contributed by atoms with Gasteiger partial charge in [0.15, 0.2) is 11.6 Å². The number of amides is 1. The fourth-order valence-electron chi connectivity index (χ4n) is 2.24. The Morgan fingerprint density at radius 2 is 1.88 bits per heavy atom. The molecule has 0 bridgehead atoms. The van der Waals surface area contributed by atoms with Crippen LogP contribution in [0.1, 0.15) is 10.5 Å². The lowest BCUT2D eigenvalue weighted by Gasteiger charge is -2.10. The quantitative estimate of drug-likeness (QED) is 0.709. The Balaban J connectivity index is 1.57. The van der Waals surface area contributed by atoms with Crippen molar-refractivity contribution in [1.82, 2.24) is 14.9 Å². The van der Waals surface area contributed by atoms with Gasteiger partial charge in [0.25, 0.3) is 5.91 Å². The molecular formula is C18H16FN3O2. The summed E-state index contributed by atoms with van der Waals surface area (Å²) in [6.07, 6.45) is 3.08. The summed E-state index contributed by atoms with van der Waals surface area (Å²) >= 11 is 0. The van der Waals surface area contributed by atoms with E-state index in [1.807, 2.05) is 30.3 Å². The van der Waals surface area contributed by atoms with Crippen LogP contribution < -0.4 is 10.1 Å². The van der Waals surface area contributed by atoms with Crippen molar-refractivity contribution in [3.05, 3.63) is 78.6 Å². The second kappa shape index (κ2) is 7.41. The predicted molar refractivity (Wildman–Crippen MR) is 87.8 cm³/mol. The minimum atomic E-state index is -0.425. The van der Waals surface area contributed by atoms with Gasteiger partial charge in [0.05, 0.1) is 19.1 Å². The maximum absolute atomic E-state index is 13.4. The molecule has 0 radical (unpaired) electrons. The first-order valence-corrected chi connectivity index (χ1v) is 7.49. The largest absolute Gasteiger partial charge is 0.489 e. The molecule has 5 nitrogen and oxygen atoms in total. The van der Waals surface area contributed by atoms with Crippen molar-refractivity contribution in [2.24, 2.45) is 0 Å². The molecule has 1 amide bonds. The summed E-state index contributed by atoms with van der Waals surface area (Å²) in [5.41, 5.74) is 1.27. The topological polar surface area (TPSA) is 56.1 Å². The smallest absolute Gasteiger partial charge is 0.270 e. The van der Waals surface area contributed by atoms with Crippen LogP contribution in [0.3, 0.4) is 0 Å². The Kier molecular flexibility index (Phi) is 4.86. The molecule has 0 saturated heterocycles. The Morgan fingerprint density at radius 1 is 1.12 bits per heavy atom. The van der Waals surface area contributed by atoms with Crippen LogP contribution >= 0.6 is 0 Å². The van der Waals surface area contributed by atoms with Crippen molar-refractivity contribution in [1.29, 1.82) is 0 Å². The van der Waals surface area contributed by atoms with Gasteiger partial charge in [-0.3, -0.25) is 9.36 Å². The number of aromatic nitrogens is 2. The van der Waals surface area contributed by atoms with Gasteiger partial charge in [0.2, 0.25) is 0 Å². The van der Waals surface area contributed by atoms with E-state index in [2.05, 4.69) is 10.3 Å². The van der Waals surface area contributed by atoms with Crippen molar-refractivity contribution in [3.63, 3.8) is 0 Å². The minimum Gasteiger partial charge on any atom is -0.489 e. The third-order valence-corrected chi connectivity index (χ3v) is 3.39. The maximum atomic E-state index is 13.4. The molecule has 122 valence electrons. The first-order chi connectivity index (χ1) is 11.8. The minimum absolute atomic E-state index is 0.168. The standard InChI is InChI=1S/C18H16FN3O2/c19-15-8-4-5-9-17(15)24-11-10-21-18(23)16-12-20-13-22(16)14-6-2-1-3-7-14/h1-9,12-13H,10-11H2,(H,21,23). The molecule has 3 aromatic rings. The van der Waals surface area contributed by atoms with E-state index in [4.69, 9.17) is 4.74 Å². The summed E-state index contributed by atoms with van der Waals surface area (Å²) in [5, 5.41) is 2.74. The number of para-hydroxylation sites is 2. The highest BCUT2D eigenvalue weighted by molar-refractivity contribution is 5.92. The van der Waals surface area contributed by atoms with Gasteiger partial charge in [0, 0.05) is 5.69 Å². The van der Waals surface area contributed by atoms with E-state index in [0.29, 0.717) is 5.69 Å². The van der Waals surface area contributed by atoms with Crippen molar-refractivity contribution in [3.8, 4) is 11.4 Å². The number of carbonyl (C=O) groups excluding carboxylic acids is 1. The molecule has 0 aliphatic rings. The zero-order valence-electron chi connectivity index (χ0n) is 12.9. The average Bonchev–Trinajstić information content (AvgIpc) is 3.10. The first-order valence-electron chi connectivity index (χ1n) is 7.49. The number of rotatable bonds is 6. The second-order valence-corrected chi connectivity index (χ2v) is 5.02. The van der Waals surface area contributed by atoms with Gasteiger partial charge in [-0.05, 0) is 24.3 Å². The molecule has 0 spiro atoms. The van der Waals surface area contributed by atoms with E-state index in [1.165, 1.54) is 12.3 Å². The van der Waals surface area contributed by atoms with Gasteiger partial charge < -0.3 is 10.1 Å². The van der Waals surface area contributed by atoms with E-state index in [1.54, 1.807) is 29.1 Å². The predicted octanol–water partition coefficient (Wildman–Crippen LogP) is 2.82. The van der Waals surface area contributed by atoms with Crippen molar-refractivity contribution < 1.29 is 13.9 Å². The molecule has 0 aliphatic heterocycles. The molecule has 3 rings (SSSR count). The van der Waals surface area contributed by atoms with E-state index < -0.39 is 5.82 Å². The lowest BCUT2D eigenvalue weighted by molar-refractivity contribution is 0.0940. The first kappa shape index (κ1) is 15.7. The molecule has 0 atom stereocenters. The van der Waals surface area contributed by atoms with E-state index in [0.717, 1.165) is 5.69 Å². The summed E-state index contributed by atoms with van der Waals surface area (Å²) in [7, 11) is 0. The molecule has 0 aliphatic carbocycles. The fraction of sp³-hybridized carbons (Fsp3) is 0.111. The number of hydrogen-bond donors (Lipinski definition) is 1. The van der Waals surface area contributed by atoms with Gasteiger partial charge in [-0.15, -0.1) is 0 Å². The van der Waals surface area contributed by atoms with E-state index in [9.17, 15) is 9.18 Å². The Bertz CT molecular complexity index is 818. The van der Waals surface area contributed by atoms with Crippen LogP contribution in [0.15, 0.2) is 67.1 Å². The molecule has 0 fully saturated rings. The summed E-state index contributed by atoms with van der Waals surface area (Å²) in [6, 6.07) is 15.6. The van der Waals surface area contributed by atoms with Gasteiger partial charge >= 0.3 is 0 Å². The van der Waals surface area contributed by atoms with E-state index in [-0.39, 0.29) is 24.8 Å². The Morgan fingerprint density at radius 3 is 2.67 bits per heavy atom. The lowest BCUT2D eigenvalue weighted by atomic mass is 10.3. The number of imidazole rings is 1. The van der Waals surface area contributed by atoms with E-state index >= 15 is 0 Å². The molecule has 6 heteroatoms. The number of nitrogens with one attached hydrogen (secondary N) is 1. The van der Waals surface area contributed by atoms with Crippen LogP contribution in [0.4, 0.5) is 4.39 Å². The number of hydrogen-bond acceptors (Lipinski definition) is 3. The molecule has 1 heterocycles. The van der Waals surface area contributed by atoms with Crippen molar-refractivity contribution in [2.45, 2.75) is 0 Å². The van der Waals surface area contributed by atoms with Crippen LogP contribution in [-0.2, 0) is 0 Å². The highest BCUT2D eigenvalue weighted by atomic mass is 19.1. The summed E-state index contributed by atoms with van der Waals surface area (Å²) in [4.78, 5) is 16.3. The number of nitrogens with zero attached hydrogens (tertiary/aromatic N) is 2. The molecule has 24 heavy (non-hydrogen) atoms. The number of benzene rings is 2. The van der Waals surface area contributed by atoms with Crippen LogP contribution in [0.2, 0.25) is 0 Å². The lowest BCUT2D eigenvalue weighted by Crippen LogP contribution is -2.29. The Labute approximate surface area is 138 Å². The zero-order chi connectivity index (χ0) is 16.8. The fourth-order valence-corrected chi connectivity index (χ4v) is 2.24. The van der Waals surface area contributed by atoms with Crippen molar-refractivity contribution in [2.75, 3.05) is 13.2 Å². The highest BCUT2D eigenvalue weighted by Crippen LogP contribution is 2.15. The van der Waals surface area contributed by atoms with Crippen LogP contribution in [0, 0.1) is 5.82 Å². The summed E-state index contributed by atoms with van der Waals surface area (Å²) in [6.45, 7) is 0.430.